The van der Waals surface area contributed by atoms with Crippen molar-refractivity contribution in [3.8, 4) is 11.5 Å². The molecule has 0 aliphatic carbocycles. The third kappa shape index (κ3) is 5.94. The summed E-state index contributed by atoms with van der Waals surface area (Å²) in [4.78, 5) is 22.7. The van der Waals surface area contributed by atoms with Gasteiger partial charge in [0.25, 0.3) is 0 Å². The predicted molar refractivity (Wildman–Crippen MR) is 132 cm³/mol. The van der Waals surface area contributed by atoms with Gasteiger partial charge in [-0.3, -0.25) is 9.69 Å². The highest BCUT2D eigenvalue weighted by Gasteiger charge is 2.22. The molecule has 1 N–H and O–H groups in total. The van der Waals surface area contributed by atoms with Crippen LogP contribution in [0.2, 0.25) is 0 Å². The highest BCUT2D eigenvalue weighted by molar-refractivity contribution is 5.93. The Morgan fingerprint density at radius 3 is 2.71 bits per heavy atom. The van der Waals surface area contributed by atoms with E-state index in [-0.39, 0.29) is 5.97 Å². The number of esters is 1. The zero-order valence-corrected chi connectivity index (χ0v) is 20.0. The molecule has 1 aliphatic rings. The number of rotatable bonds is 9. The van der Waals surface area contributed by atoms with E-state index >= 15 is 0 Å². The number of carbonyl (C=O) groups is 1. The molecule has 2 aromatic carbocycles. The highest BCUT2D eigenvalue weighted by Crippen LogP contribution is 2.35. The zero-order valence-electron chi connectivity index (χ0n) is 20.0. The largest absolute Gasteiger partial charge is 0.493 e. The lowest BCUT2D eigenvalue weighted by Gasteiger charge is -2.31. The van der Waals surface area contributed by atoms with Crippen LogP contribution in [-0.4, -0.2) is 60.8 Å². The Labute approximate surface area is 200 Å². The van der Waals surface area contributed by atoms with E-state index in [2.05, 4.69) is 39.2 Å². The van der Waals surface area contributed by atoms with Crippen molar-refractivity contribution in [1.82, 2.24) is 14.9 Å². The summed E-state index contributed by atoms with van der Waals surface area (Å²) in [6.45, 7) is 6.97. The average Bonchev–Trinajstić information content (AvgIpc) is 2.83. The monoisotopic (exact) mass is 464 g/mol. The first-order chi connectivity index (χ1) is 16.6. The fourth-order valence-corrected chi connectivity index (χ4v) is 4.20. The molecule has 8 heteroatoms. The van der Waals surface area contributed by atoms with Crippen molar-refractivity contribution in [3.63, 3.8) is 0 Å². The van der Waals surface area contributed by atoms with Crippen molar-refractivity contribution in [2.45, 2.75) is 26.7 Å². The van der Waals surface area contributed by atoms with E-state index in [1.54, 1.807) is 13.4 Å². The lowest BCUT2D eigenvalue weighted by atomic mass is 9.98. The molecule has 1 aromatic heterocycles. The predicted octanol–water partition coefficient (Wildman–Crippen LogP) is 4.34. The smallest absolute Gasteiger partial charge is 0.320 e. The molecule has 8 nitrogen and oxygen atoms in total. The number of carbonyl (C=O) groups excluding carboxylic acids is 1. The lowest BCUT2D eigenvalue weighted by molar-refractivity contribution is -0.144. The number of benzene rings is 2. The van der Waals surface area contributed by atoms with E-state index in [0.29, 0.717) is 37.2 Å². The molecule has 0 atom stereocenters. The second-order valence-corrected chi connectivity index (χ2v) is 8.57. The summed E-state index contributed by atoms with van der Waals surface area (Å²) in [7, 11) is 1.63. The quantitative estimate of drug-likeness (QED) is 0.468. The Balaban J connectivity index is 1.44. The SMILES string of the molecule is CCOC(=O)CN1CCC(COc2cc3c(Nc4cccc(C)c4)ncnc3cc2OC)CC1. The van der Waals surface area contributed by atoms with Gasteiger partial charge in [-0.1, -0.05) is 12.1 Å². The molecule has 0 bridgehead atoms. The highest BCUT2D eigenvalue weighted by atomic mass is 16.5. The molecule has 34 heavy (non-hydrogen) atoms. The summed E-state index contributed by atoms with van der Waals surface area (Å²) >= 11 is 0. The summed E-state index contributed by atoms with van der Waals surface area (Å²) in [5, 5.41) is 4.26. The molecule has 0 amide bonds. The van der Waals surface area contributed by atoms with Crippen molar-refractivity contribution in [1.29, 1.82) is 0 Å². The number of aryl methyl sites for hydroxylation is 1. The fraction of sp³-hybridized carbons (Fsp3) is 0.423. The first kappa shape index (κ1) is 23.8. The molecule has 4 rings (SSSR count). The summed E-state index contributed by atoms with van der Waals surface area (Å²) in [5.74, 6) is 2.29. The number of hydrogen-bond acceptors (Lipinski definition) is 8. The second-order valence-electron chi connectivity index (χ2n) is 8.57. The number of piperidine rings is 1. The van der Waals surface area contributed by atoms with Gasteiger partial charge >= 0.3 is 5.97 Å². The molecule has 0 radical (unpaired) electrons. The molecule has 3 aromatic rings. The number of methoxy groups -OCH3 is 1. The molecule has 2 heterocycles. The summed E-state index contributed by atoms with van der Waals surface area (Å²) < 4.78 is 16.9. The number of nitrogens with zero attached hydrogens (tertiary/aromatic N) is 3. The van der Waals surface area contributed by atoms with Crippen LogP contribution in [0, 0.1) is 12.8 Å². The first-order valence-electron chi connectivity index (χ1n) is 11.7. The summed E-state index contributed by atoms with van der Waals surface area (Å²) in [6.07, 6.45) is 3.49. The zero-order chi connectivity index (χ0) is 23.9. The third-order valence-corrected chi connectivity index (χ3v) is 6.04. The van der Waals surface area contributed by atoms with Gasteiger partial charge in [0.15, 0.2) is 11.5 Å². The summed E-state index contributed by atoms with van der Waals surface area (Å²) in [5.41, 5.74) is 2.91. The molecule has 0 unspecified atom stereocenters. The van der Waals surface area contributed by atoms with Crippen LogP contribution in [0.25, 0.3) is 10.9 Å². The maximum Gasteiger partial charge on any atom is 0.320 e. The van der Waals surface area contributed by atoms with Crippen molar-refractivity contribution in [3.05, 3.63) is 48.3 Å². The van der Waals surface area contributed by atoms with Gasteiger partial charge in [-0.25, -0.2) is 9.97 Å². The number of nitrogens with one attached hydrogen (secondary N) is 1. The van der Waals surface area contributed by atoms with Crippen molar-refractivity contribution in [2.75, 3.05) is 45.3 Å². The first-order valence-corrected chi connectivity index (χ1v) is 11.7. The molecule has 1 aliphatic heterocycles. The number of likely N-dealkylation sites (tertiary alicyclic amines) is 1. The number of fused-ring (bicyclic) bond motifs is 1. The Kier molecular flexibility index (Phi) is 7.80. The van der Waals surface area contributed by atoms with Crippen LogP contribution in [0.15, 0.2) is 42.7 Å². The van der Waals surface area contributed by atoms with Crippen molar-refractivity contribution >= 4 is 28.4 Å². The second kappa shape index (κ2) is 11.2. The minimum Gasteiger partial charge on any atom is -0.493 e. The van der Waals surface area contributed by atoms with Crippen molar-refractivity contribution in [2.24, 2.45) is 5.92 Å². The van der Waals surface area contributed by atoms with Crippen LogP contribution in [0.1, 0.15) is 25.3 Å². The number of aromatic nitrogens is 2. The summed E-state index contributed by atoms with van der Waals surface area (Å²) in [6, 6.07) is 12.0. The van der Waals surface area contributed by atoms with E-state index in [0.717, 1.165) is 48.3 Å². The van der Waals surface area contributed by atoms with Crippen LogP contribution in [-0.2, 0) is 9.53 Å². The van der Waals surface area contributed by atoms with Crippen LogP contribution in [0.4, 0.5) is 11.5 Å². The maximum absolute atomic E-state index is 11.7. The Hall–Kier alpha value is -3.39. The lowest BCUT2D eigenvalue weighted by Crippen LogP contribution is -2.39. The molecule has 1 fully saturated rings. The average molecular weight is 465 g/mol. The molecular formula is C26H32N4O4. The van der Waals surface area contributed by atoms with Crippen LogP contribution >= 0.6 is 0 Å². The van der Waals surface area contributed by atoms with E-state index in [9.17, 15) is 4.79 Å². The normalized spacial score (nSPS) is 14.7. The Bertz CT molecular complexity index is 1130. The molecule has 0 saturated carbocycles. The van der Waals surface area contributed by atoms with Gasteiger partial charge < -0.3 is 19.5 Å². The Morgan fingerprint density at radius 1 is 1.15 bits per heavy atom. The van der Waals surface area contributed by atoms with Gasteiger partial charge in [-0.05, 0) is 69.5 Å². The molecule has 1 saturated heterocycles. The van der Waals surface area contributed by atoms with Gasteiger partial charge in [-0.2, -0.15) is 0 Å². The molecule has 180 valence electrons. The maximum atomic E-state index is 11.7. The number of anilines is 2. The van der Waals surface area contributed by atoms with Gasteiger partial charge in [0, 0.05) is 17.1 Å². The van der Waals surface area contributed by atoms with Crippen molar-refractivity contribution < 1.29 is 19.0 Å². The standard InChI is InChI=1S/C26H32N4O4/c1-4-33-25(31)15-30-10-8-19(9-11-30)16-34-24-13-21-22(14-23(24)32-3)27-17-28-26(21)29-20-7-5-6-18(2)12-20/h5-7,12-14,17,19H,4,8-11,15-16H2,1-3H3,(H,27,28,29). The van der Waals surface area contributed by atoms with Crippen LogP contribution < -0.4 is 14.8 Å². The van der Waals surface area contributed by atoms with Gasteiger partial charge in [0.05, 0.1) is 32.4 Å². The minimum absolute atomic E-state index is 0.157. The fourth-order valence-electron chi connectivity index (χ4n) is 4.20. The third-order valence-electron chi connectivity index (χ3n) is 6.04. The molecule has 0 spiro atoms. The van der Waals surface area contributed by atoms with Crippen LogP contribution in [0.3, 0.4) is 0 Å². The topological polar surface area (TPSA) is 85.8 Å². The number of hydrogen-bond donors (Lipinski definition) is 1. The molecular weight excluding hydrogens is 432 g/mol. The van der Waals surface area contributed by atoms with Gasteiger partial charge in [0.2, 0.25) is 0 Å². The van der Waals surface area contributed by atoms with E-state index in [1.165, 1.54) is 5.56 Å². The van der Waals surface area contributed by atoms with Crippen LogP contribution in [0.5, 0.6) is 11.5 Å². The van der Waals surface area contributed by atoms with Gasteiger partial charge in [0.1, 0.15) is 12.1 Å². The van der Waals surface area contributed by atoms with E-state index in [4.69, 9.17) is 14.2 Å². The van der Waals surface area contributed by atoms with Gasteiger partial charge in [-0.15, -0.1) is 0 Å². The minimum atomic E-state index is -0.157. The number of ether oxygens (including phenoxy) is 3. The Morgan fingerprint density at radius 2 is 1.97 bits per heavy atom. The van der Waals surface area contributed by atoms with E-state index < -0.39 is 0 Å². The van der Waals surface area contributed by atoms with E-state index in [1.807, 2.05) is 31.2 Å².